The second-order valence-electron chi connectivity index (χ2n) is 5.76. The monoisotopic (exact) mass is 342 g/mol. The fourth-order valence-electron chi connectivity index (χ4n) is 2.80. The summed E-state index contributed by atoms with van der Waals surface area (Å²) in [5.41, 5.74) is 1.61. The van der Waals surface area contributed by atoms with Gasteiger partial charge in [0.2, 0.25) is 11.8 Å². The number of hydrogen-bond acceptors (Lipinski definition) is 3. The van der Waals surface area contributed by atoms with Crippen molar-refractivity contribution in [1.29, 1.82) is 0 Å². The van der Waals surface area contributed by atoms with Crippen LogP contribution in [0.15, 0.2) is 42.5 Å². The lowest BCUT2D eigenvalue weighted by Crippen LogP contribution is -2.34. The summed E-state index contributed by atoms with van der Waals surface area (Å²) in [5.74, 6) is -2.99. The SMILES string of the molecule is O=C1CC(C(=O)NCc2cccc(C(=O)O)c2)c2ccc(F)cc2N1. The molecule has 1 unspecified atom stereocenters. The minimum atomic E-state index is -1.05. The zero-order chi connectivity index (χ0) is 18.0. The van der Waals surface area contributed by atoms with Crippen molar-refractivity contribution >= 4 is 23.5 Å². The van der Waals surface area contributed by atoms with Gasteiger partial charge in [0.05, 0.1) is 11.5 Å². The van der Waals surface area contributed by atoms with E-state index >= 15 is 0 Å². The normalized spacial score (nSPS) is 15.9. The number of carboxylic acids is 1. The topological polar surface area (TPSA) is 95.5 Å². The number of amides is 2. The summed E-state index contributed by atoms with van der Waals surface area (Å²) in [5, 5.41) is 14.2. The Kier molecular flexibility index (Phi) is 4.47. The van der Waals surface area contributed by atoms with Gasteiger partial charge in [0.15, 0.2) is 0 Å². The second-order valence-corrected chi connectivity index (χ2v) is 5.76. The Morgan fingerprint density at radius 3 is 2.80 bits per heavy atom. The molecule has 1 atom stereocenters. The van der Waals surface area contributed by atoms with Gasteiger partial charge in [-0.25, -0.2) is 9.18 Å². The van der Waals surface area contributed by atoms with Crippen LogP contribution in [0, 0.1) is 5.82 Å². The molecule has 0 saturated carbocycles. The fraction of sp³-hybridized carbons (Fsp3) is 0.167. The minimum absolute atomic E-state index is 0.0281. The predicted molar refractivity (Wildman–Crippen MR) is 87.6 cm³/mol. The largest absolute Gasteiger partial charge is 0.478 e. The maximum atomic E-state index is 13.3. The molecule has 1 aliphatic rings. The van der Waals surface area contributed by atoms with Gasteiger partial charge in [-0.3, -0.25) is 9.59 Å². The number of aromatic carboxylic acids is 1. The Balaban J connectivity index is 1.75. The molecule has 3 N–H and O–H groups in total. The first kappa shape index (κ1) is 16.6. The number of carbonyl (C=O) groups is 3. The van der Waals surface area contributed by atoms with E-state index in [9.17, 15) is 18.8 Å². The molecule has 0 bridgehead atoms. The lowest BCUT2D eigenvalue weighted by Gasteiger charge is -2.25. The van der Waals surface area contributed by atoms with Crippen LogP contribution in [-0.4, -0.2) is 22.9 Å². The molecule has 2 amide bonds. The van der Waals surface area contributed by atoms with Gasteiger partial charge in [-0.05, 0) is 35.4 Å². The Bertz CT molecular complexity index is 866. The molecule has 2 aromatic rings. The first-order valence-electron chi connectivity index (χ1n) is 7.63. The van der Waals surface area contributed by atoms with E-state index in [0.717, 1.165) is 0 Å². The summed E-state index contributed by atoms with van der Waals surface area (Å²) in [6, 6.07) is 10.1. The Labute approximate surface area is 142 Å². The smallest absolute Gasteiger partial charge is 0.335 e. The Morgan fingerprint density at radius 1 is 1.24 bits per heavy atom. The third-order valence-electron chi connectivity index (χ3n) is 4.01. The maximum absolute atomic E-state index is 13.3. The first-order chi connectivity index (χ1) is 11.9. The number of fused-ring (bicyclic) bond motifs is 1. The molecule has 25 heavy (non-hydrogen) atoms. The van der Waals surface area contributed by atoms with E-state index in [0.29, 0.717) is 16.8 Å². The molecule has 0 radical (unpaired) electrons. The van der Waals surface area contributed by atoms with Crippen molar-refractivity contribution < 1.29 is 23.9 Å². The summed E-state index contributed by atoms with van der Waals surface area (Å²) in [6.45, 7) is 0.134. The van der Waals surface area contributed by atoms with Crippen molar-refractivity contribution in [3.05, 3.63) is 65.0 Å². The van der Waals surface area contributed by atoms with Crippen molar-refractivity contribution in [2.45, 2.75) is 18.9 Å². The minimum Gasteiger partial charge on any atom is -0.478 e. The maximum Gasteiger partial charge on any atom is 0.335 e. The number of nitrogens with one attached hydrogen (secondary N) is 2. The van der Waals surface area contributed by atoms with Gasteiger partial charge < -0.3 is 15.7 Å². The number of carboxylic acid groups (broad SMARTS) is 1. The molecule has 3 rings (SSSR count). The standard InChI is InChI=1S/C18H15FN2O4/c19-12-4-5-13-14(8-16(22)21-15(13)7-12)17(23)20-9-10-2-1-3-11(6-10)18(24)25/h1-7,14H,8-9H2,(H,20,23)(H,21,22)(H,24,25). The highest BCUT2D eigenvalue weighted by atomic mass is 19.1. The molecule has 0 aliphatic carbocycles. The highest BCUT2D eigenvalue weighted by molar-refractivity contribution is 6.01. The van der Waals surface area contributed by atoms with Crippen molar-refractivity contribution in [2.75, 3.05) is 5.32 Å². The number of rotatable bonds is 4. The molecule has 7 heteroatoms. The summed E-state index contributed by atoms with van der Waals surface area (Å²) in [6.07, 6.45) is -0.0281. The zero-order valence-corrected chi connectivity index (χ0v) is 13.1. The van der Waals surface area contributed by atoms with Crippen molar-refractivity contribution in [1.82, 2.24) is 5.32 Å². The summed E-state index contributed by atoms with van der Waals surface area (Å²) < 4.78 is 13.3. The number of benzene rings is 2. The molecular formula is C18H15FN2O4. The third-order valence-corrected chi connectivity index (χ3v) is 4.01. The van der Waals surface area contributed by atoms with Crippen LogP contribution in [0.1, 0.15) is 33.8 Å². The van der Waals surface area contributed by atoms with E-state index < -0.39 is 17.7 Å². The molecule has 1 aliphatic heterocycles. The molecule has 0 aromatic heterocycles. The summed E-state index contributed by atoms with van der Waals surface area (Å²) in [4.78, 5) is 35.2. The number of halogens is 1. The van der Waals surface area contributed by atoms with Crippen molar-refractivity contribution in [3.8, 4) is 0 Å². The number of anilines is 1. The van der Waals surface area contributed by atoms with Gasteiger partial charge in [-0.2, -0.15) is 0 Å². The average Bonchev–Trinajstić information content (AvgIpc) is 2.58. The number of carbonyl (C=O) groups excluding carboxylic acids is 2. The summed E-state index contributed by atoms with van der Waals surface area (Å²) >= 11 is 0. The van der Waals surface area contributed by atoms with Crippen LogP contribution in [0.4, 0.5) is 10.1 Å². The molecule has 1 heterocycles. The van der Waals surface area contributed by atoms with Crippen molar-refractivity contribution in [3.63, 3.8) is 0 Å². The highest BCUT2D eigenvalue weighted by Gasteiger charge is 2.30. The van der Waals surface area contributed by atoms with Crippen LogP contribution in [0.3, 0.4) is 0 Å². The lowest BCUT2D eigenvalue weighted by atomic mass is 9.89. The van der Waals surface area contributed by atoms with Crippen LogP contribution in [-0.2, 0) is 16.1 Å². The van der Waals surface area contributed by atoms with E-state index in [4.69, 9.17) is 5.11 Å². The van der Waals surface area contributed by atoms with Crippen molar-refractivity contribution in [2.24, 2.45) is 0 Å². The molecule has 6 nitrogen and oxygen atoms in total. The zero-order valence-electron chi connectivity index (χ0n) is 13.1. The molecule has 2 aromatic carbocycles. The van der Waals surface area contributed by atoms with Crippen LogP contribution in [0.2, 0.25) is 0 Å². The van der Waals surface area contributed by atoms with E-state index in [-0.39, 0.29) is 30.3 Å². The highest BCUT2D eigenvalue weighted by Crippen LogP contribution is 2.32. The van der Waals surface area contributed by atoms with Crippen LogP contribution >= 0.6 is 0 Å². The Hall–Kier alpha value is -3.22. The van der Waals surface area contributed by atoms with E-state index in [2.05, 4.69) is 10.6 Å². The molecule has 0 saturated heterocycles. The van der Waals surface area contributed by atoms with Crippen LogP contribution < -0.4 is 10.6 Å². The van der Waals surface area contributed by atoms with Crippen LogP contribution in [0.5, 0.6) is 0 Å². The lowest BCUT2D eigenvalue weighted by molar-refractivity contribution is -0.126. The van der Waals surface area contributed by atoms with Crippen LogP contribution in [0.25, 0.3) is 0 Å². The predicted octanol–water partition coefficient (Wildman–Crippen LogP) is 2.27. The van der Waals surface area contributed by atoms with E-state index in [1.807, 2.05) is 0 Å². The quantitative estimate of drug-likeness (QED) is 0.794. The van der Waals surface area contributed by atoms with Gasteiger partial charge in [0.1, 0.15) is 5.82 Å². The van der Waals surface area contributed by atoms with Gasteiger partial charge in [0, 0.05) is 18.7 Å². The van der Waals surface area contributed by atoms with Gasteiger partial charge in [0.25, 0.3) is 0 Å². The first-order valence-corrected chi connectivity index (χ1v) is 7.63. The molecule has 128 valence electrons. The molecule has 0 spiro atoms. The van der Waals surface area contributed by atoms with Gasteiger partial charge >= 0.3 is 5.97 Å². The molecular weight excluding hydrogens is 327 g/mol. The van der Waals surface area contributed by atoms with Gasteiger partial charge in [-0.15, -0.1) is 0 Å². The van der Waals surface area contributed by atoms with Gasteiger partial charge in [-0.1, -0.05) is 18.2 Å². The fourth-order valence-corrected chi connectivity index (χ4v) is 2.80. The Morgan fingerprint density at radius 2 is 2.04 bits per heavy atom. The molecule has 0 fully saturated rings. The van der Waals surface area contributed by atoms with E-state index in [1.54, 1.807) is 12.1 Å². The average molecular weight is 342 g/mol. The number of hydrogen-bond donors (Lipinski definition) is 3. The third kappa shape index (κ3) is 3.65. The van der Waals surface area contributed by atoms with E-state index in [1.165, 1.54) is 30.3 Å². The summed E-state index contributed by atoms with van der Waals surface area (Å²) in [7, 11) is 0. The second kappa shape index (κ2) is 6.72.